The average Bonchev–Trinajstić information content (AvgIpc) is 2.84. The van der Waals surface area contributed by atoms with Crippen molar-refractivity contribution >= 4 is 46.7 Å². The molecule has 176 valence electrons. The van der Waals surface area contributed by atoms with Crippen molar-refractivity contribution in [1.82, 2.24) is 0 Å². The van der Waals surface area contributed by atoms with E-state index in [0.29, 0.717) is 21.8 Å². The number of amides is 2. The van der Waals surface area contributed by atoms with Crippen LogP contribution in [0.1, 0.15) is 16.7 Å². The lowest BCUT2D eigenvalue weighted by Gasteiger charge is -2.08. The summed E-state index contributed by atoms with van der Waals surface area (Å²) in [6.07, 6.45) is 1.29. The van der Waals surface area contributed by atoms with E-state index in [0.717, 1.165) is 22.9 Å². The predicted octanol–water partition coefficient (Wildman–Crippen LogP) is 5.49. The summed E-state index contributed by atoms with van der Waals surface area (Å²) in [6.45, 7) is 3.86. The maximum Gasteiger partial charge on any atom is 0.283 e. The van der Waals surface area contributed by atoms with Crippen molar-refractivity contribution in [3.05, 3.63) is 99.1 Å². The molecule has 3 rings (SSSR count). The Morgan fingerprint density at radius 2 is 1.74 bits per heavy atom. The molecule has 9 heteroatoms. The molecule has 0 spiro atoms. The van der Waals surface area contributed by atoms with Gasteiger partial charge in [0.2, 0.25) is 5.91 Å². The molecule has 0 radical (unpaired) electrons. The number of carbonyl (C=O) groups excluding carboxylic acids is 2. The molecule has 0 atom stereocenters. The van der Waals surface area contributed by atoms with Gasteiger partial charge in [0.05, 0.1) is 15.6 Å². The van der Waals surface area contributed by atoms with E-state index in [4.69, 9.17) is 0 Å². The Balaban J connectivity index is 1.74. The molecule has 0 fully saturated rings. The first kappa shape index (κ1) is 25.2. The molecule has 0 aromatic heterocycles. The number of rotatable bonds is 8. The van der Waals surface area contributed by atoms with Crippen LogP contribution in [0, 0.1) is 35.3 Å². The minimum Gasteiger partial charge on any atom is -0.325 e. The van der Waals surface area contributed by atoms with Gasteiger partial charge in [0, 0.05) is 17.4 Å². The highest BCUT2D eigenvalue weighted by Gasteiger charge is 2.17. The zero-order valence-corrected chi connectivity index (χ0v) is 19.9. The van der Waals surface area contributed by atoms with Gasteiger partial charge in [-0.25, -0.2) is 0 Å². The number of nitro benzene ring substituents is 1. The molecular weight excluding hydrogens is 464 g/mol. The Morgan fingerprint density at radius 1 is 1.00 bits per heavy atom. The maximum atomic E-state index is 12.6. The van der Waals surface area contributed by atoms with Crippen molar-refractivity contribution in [3.63, 3.8) is 0 Å². The number of nitriles is 1. The van der Waals surface area contributed by atoms with E-state index in [1.807, 2.05) is 32.0 Å². The first-order valence-corrected chi connectivity index (χ1v) is 11.5. The predicted molar refractivity (Wildman–Crippen MR) is 137 cm³/mol. The van der Waals surface area contributed by atoms with Crippen LogP contribution >= 0.6 is 11.8 Å². The molecule has 35 heavy (non-hydrogen) atoms. The number of nitrogens with one attached hydrogen (secondary N) is 2. The monoisotopic (exact) mass is 486 g/mol. The van der Waals surface area contributed by atoms with Crippen LogP contribution in [0.25, 0.3) is 6.08 Å². The molecule has 0 unspecified atom stereocenters. The van der Waals surface area contributed by atoms with Gasteiger partial charge >= 0.3 is 0 Å². The number of hydrogen-bond acceptors (Lipinski definition) is 6. The Labute approximate surface area is 206 Å². The molecule has 0 aliphatic carbocycles. The van der Waals surface area contributed by atoms with Crippen LogP contribution < -0.4 is 10.6 Å². The molecule has 0 saturated heterocycles. The van der Waals surface area contributed by atoms with Gasteiger partial charge in [-0.1, -0.05) is 30.3 Å². The quantitative estimate of drug-likeness (QED) is 0.143. The Morgan fingerprint density at radius 3 is 2.40 bits per heavy atom. The fourth-order valence-corrected chi connectivity index (χ4v) is 3.89. The number of carbonyl (C=O) groups is 2. The molecule has 8 nitrogen and oxygen atoms in total. The first-order valence-electron chi connectivity index (χ1n) is 10.5. The zero-order chi connectivity index (χ0) is 25.4. The molecule has 2 amide bonds. The second-order valence-corrected chi connectivity index (χ2v) is 8.63. The largest absolute Gasteiger partial charge is 0.325 e. The molecular formula is C26H22N4O4S. The van der Waals surface area contributed by atoms with E-state index in [9.17, 15) is 25.0 Å². The lowest BCUT2D eigenvalue weighted by molar-refractivity contribution is -0.387. The van der Waals surface area contributed by atoms with Crippen LogP contribution in [-0.4, -0.2) is 22.5 Å². The van der Waals surface area contributed by atoms with Crippen molar-refractivity contribution in [2.24, 2.45) is 0 Å². The lowest BCUT2D eigenvalue weighted by atomic mass is 10.1. The summed E-state index contributed by atoms with van der Waals surface area (Å²) in [5, 5.41) is 26.5. The van der Waals surface area contributed by atoms with Crippen LogP contribution in [0.15, 0.2) is 77.2 Å². The number of nitro groups is 1. The Hall–Kier alpha value is -4.42. The van der Waals surface area contributed by atoms with Gasteiger partial charge < -0.3 is 10.6 Å². The van der Waals surface area contributed by atoms with E-state index >= 15 is 0 Å². The number of benzene rings is 3. The molecule has 0 aliphatic rings. The zero-order valence-electron chi connectivity index (χ0n) is 19.1. The molecule has 0 aliphatic heterocycles. The standard InChI is InChI=1S/C26H22N4O4S/c1-17-8-10-22(12-18(17)2)29-26(32)20(15-27)13-19-9-11-24(23(14-19)30(33)34)35-16-25(31)28-21-6-4-3-5-7-21/h3-14H,16H2,1-2H3,(H,28,31)(H,29,32)/b20-13+. The number of aryl methyl sites for hydroxylation is 2. The summed E-state index contributed by atoms with van der Waals surface area (Å²) < 4.78 is 0. The van der Waals surface area contributed by atoms with E-state index in [1.165, 1.54) is 18.2 Å². The average molecular weight is 487 g/mol. The Bertz CT molecular complexity index is 1350. The molecule has 3 aromatic carbocycles. The summed E-state index contributed by atoms with van der Waals surface area (Å²) in [5.41, 5.74) is 3.15. The fraction of sp³-hybridized carbons (Fsp3) is 0.115. The van der Waals surface area contributed by atoms with Gasteiger partial charge in [-0.05, 0) is 66.9 Å². The van der Waals surface area contributed by atoms with Crippen LogP contribution in [0.3, 0.4) is 0 Å². The summed E-state index contributed by atoms with van der Waals surface area (Å²) in [5.74, 6) is -0.934. The topological polar surface area (TPSA) is 125 Å². The normalized spacial score (nSPS) is 10.8. The maximum absolute atomic E-state index is 12.6. The minimum absolute atomic E-state index is 0.0211. The molecule has 2 N–H and O–H groups in total. The van der Waals surface area contributed by atoms with Crippen molar-refractivity contribution in [2.45, 2.75) is 18.7 Å². The minimum atomic E-state index is -0.616. The summed E-state index contributed by atoms with van der Waals surface area (Å²) in [7, 11) is 0. The van der Waals surface area contributed by atoms with Gasteiger partial charge in [-0.3, -0.25) is 19.7 Å². The highest BCUT2D eigenvalue weighted by Crippen LogP contribution is 2.31. The van der Waals surface area contributed by atoms with Crippen LogP contribution in [0.5, 0.6) is 0 Å². The van der Waals surface area contributed by atoms with E-state index in [1.54, 1.807) is 42.5 Å². The van der Waals surface area contributed by atoms with Gasteiger partial charge in [-0.15, -0.1) is 11.8 Å². The molecule has 0 bridgehead atoms. The second kappa shape index (κ2) is 11.6. The number of hydrogen-bond donors (Lipinski definition) is 2. The van der Waals surface area contributed by atoms with Gasteiger partial charge in [0.25, 0.3) is 11.6 Å². The van der Waals surface area contributed by atoms with Gasteiger partial charge in [-0.2, -0.15) is 5.26 Å². The highest BCUT2D eigenvalue weighted by atomic mass is 32.2. The second-order valence-electron chi connectivity index (χ2n) is 7.61. The van der Waals surface area contributed by atoms with E-state index in [-0.39, 0.29) is 22.9 Å². The van der Waals surface area contributed by atoms with Crippen LogP contribution in [0.2, 0.25) is 0 Å². The van der Waals surface area contributed by atoms with Gasteiger partial charge in [0.15, 0.2) is 0 Å². The van der Waals surface area contributed by atoms with Crippen molar-refractivity contribution < 1.29 is 14.5 Å². The summed E-state index contributed by atoms with van der Waals surface area (Å²) in [6, 6.07) is 20.5. The fourth-order valence-electron chi connectivity index (χ4n) is 3.08. The van der Waals surface area contributed by atoms with Gasteiger partial charge in [0.1, 0.15) is 11.6 Å². The van der Waals surface area contributed by atoms with Crippen molar-refractivity contribution in [2.75, 3.05) is 16.4 Å². The lowest BCUT2D eigenvalue weighted by Crippen LogP contribution is -2.14. The number of para-hydroxylation sites is 1. The number of thioether (sulfide) groups is 1. The van der Waals surface area contributed by atoms with Crippen molar-refractivity contribution in [3.8, 4) is 6.07 Å². The van der Waals surface area contributed by atoms with Crippen LogP contribution in [0.4, 0.5) is 17.1 Å². The Kier molecular flexibility index (Phi) is 8.38. The SMILES string of the molecule is Cc1ccc(NC(=O)/C(C#N)=C/c2ccc(SCC(=O)Nc3ccccc3)c([N+](=O)[O-])c2)cc1C. The molecule has 0 heterocycles. The molecule has 0 saturated carbocycles. The number of anilines is 2. The van der Waals surface area contributed by atoms with E-state index in [2.05, 4.69) is 10.6 Å². The number of nitrogens with zero attached hydrogens (tertiary/aromatic N) is 2. The van der Waals surface area contributed by atoms with E-state index < -0.39 is 10.8 Å². The third-order valence-corrected chi connectivity index (χ3v) is 6.10. The smallest absolute Gasteiger partial charge is 0.283 e. The van der Waals surface area contributed by atoms with Crippen molar-refractivity contribution in [1.29, 1.82) is 5.26 Å². The van der Waals surface area contributed by atoms with Crippen LogP contribution in [-0.2, 0) is 9.59 Å². The first-order chi connectivity index (χ1) is 16.8. The third-order valence-electron chi connectivity index (χ3n) is 5.04. The summed E-state index contributed by atoms with van der Waals surface area (Å²) >= 11 is 1.03. The summed E-state index contributed by atoms with van der Waals surface area (Å²) in [4.78, 5) is 36.1. The third kappa shape index (κ3) is 7.03. The molecule has 3 aromatic rings. The highest BCUT2D eigenvalue weighted by molar-refractivity contribution is 8.00.